The minimum absolute atomic E-state index is 0.0416. The van der Waals surface area contributed by atoms with E-state index in [1.54, 1.807) is 4.90 Å². The normalized spacial score (nSPS) is 15.9. The second-order valence-corrected chi connectivity index (χ2v) is 7.30. The van der Waals surface area contributed by atoms with Gasteiger partial charge in [0.25, 0.3) is 0 Å². The van der Waals surface area contributed by atoms with Crippen molar-refractivity contribution >= 4 is 23.5 Å². The molecular weight excluding hydrogens is 340 g/mol. The van der Waals surface area contributed by atoms with Crippen molar-refractivity contribution in [2.24, 2.45) is 5.92 Å². The fourth-order valence-electron chi connectivity index (χ4n) is 3.02. The topological polar surface area (TPSA) is 60.9 Å². The molecular formula is C19H27ClN2O3. The highest BCUT2D eigenvalue weighted by Gasteiger charge is 2.19. The van der Waals surface area contributed by atoms with Gasteiger partial charge in [0.05, 0.1) is 6.42 Å². The Balaban J connectivity index is 1.94. The van der Waals surface area contributed by atoms with E-state index in [1.165, 1.54) is 12.8 Å². The number of likely N-dealkylation sites (tertiary alicyclic amines) is 1. The molecule has 1 aliphatic heterocycles. The maximum absolute atomic E-state index is 12.5. The summed E-state index contributed by atoms with van der Waals surface area (Å²) in [6.45, 7) is 6.35. The third-order valence-corrected chi connectivity index (χ3v) is 5.01. The first-order valence-electron chi connectivity index (χ1n) is 8.90. The van der Waals surface area contributed by atoms with E-state index in [9.17, 15) is 9.59 Å². The van der Waals surface area contributed by atoms with E-state index in [4.69, 9.17) is 16.7 Å². The number of aliphatic carboxylic acids is 1. The fraction of sp³-hybridized carbons (Fsp3) is 0.579. The largest absolute Gasteiger partial charge is 0.481 e. The lowest BCUT2D eigenvalue weighted by atomic mass is 9.99. The summed E-state index contributed by atoms with van der Waals surface area (Å²) in [7, 11) is 0. The lowest BCUT2D eigenvalue weighted by molar-refractivity contribution is -0.141. The van der Waals surface area contributed by atoms with Crippen LogP contribution in [0.15, 0.2) is 24.3 Å². The summed E-state index contributed by atoms with van der Waals surface area (Å²) in [5, 5.41) is 9.49. The molecule has 0 bridgehead atoms. The van der Waals surface area contributed by atoms with Crippen LogP contribution in [0.2, 0.25) is 5.02 Å². The molecule has 1 fully saturated rings. The van der Waals surface area contributed by atoms with Crippen molar-refractivity contribution in [3.63, 3.8) is 0 Å². The molecule has 0 saturated carbocycles. The van der Waals surface area contributed by atoms with Crippen molar-refractivity contribution in [2.45, 2.75) is 39.2 Å². The van der Waals surface area contributed by atoms with E-state index in [-0.39, 0.29) is 18.7 Å². The molecule has 1 aromatic rings. The van der Waals surface area contributed by atoms with Gasteiger partial charge in [0.15, 0.2) is 0 Å². The van der Waals surface area contributed by atoms with Crippen LogP contribution in [0.1, 0.15) is 38.2 Å². The minimum Gasteiger partial charge on any atom is -0.481 e. The SMILES string of the molecule is CC1CCN(CCN(Cc2ccc(Cl)cc2)C(=O)CCC(=O)O)CC1. The van der Waals surface area contributed by atoms with Crippen molar-refractivity contribution in [2.75, 3.05) is 26.2 Å². The van der Waals surface area contributed by atoms with Crippen molar-refractivity contribution in [3.05, 3.63) is 34.9 Å². The monoisotopic (exact) mass is 366 g/mol. The number of carboxylic acids is 1. The number of benzene rings is 1. The Morgan fingerprint density at radius 2 is 1.84 bits per heavy atom. The molecule has 1 aliphatic rings. The zero-order chi connectivity index (χ0) is 18.2. The van der Waals surface area contributed by atoms with Crippen molar-refractivity contribution in [3.8, 4) is 0 Å². The average Bonchev–Trinajstić information content (AvgIpc) is 2.59. The standard InChI is InChI=1S/C19H27ClN2O3/c1-15-8-10-21(11-9-15)12-13-22(18(23)6-7-19(24)25)14-16-2-4-17(20)5-3-16/h2-5,15H,6-14H2,1H3,(H,24,25). The Labute approximate surface area is 154 Å². The number of amides is 1. The smallest absolute Gasteiger partial charge is 0.303 e. The molecule has 1 N–H and O–H groups in total. The Hall–Kier alpha value is -1.59. The van der Waals surface area contributed by atoms with Crippen molar-refractivity contribution in [1.29, 1.82) is 0 Å². The molecule has 6 heteroatoms. The number of hydrogen-bond donors (Lipinski definition) is 1. The second-order valence-electron chi connectivity index (χ2n) is 6.86. The number of nitrogens with zero attached hydrogens (tertiary/aromatic N) is 2. The first kappa shape index (κ1) is 19.7. The van der Waals surface area contributed by atoms with Gasteiger partial charge in [-0.2, -0.15) is 0 Å². The Morgan fingerprint density at radius 3 is 2.44 bits per heavy atom. The molecule has 5 nitrogen and oxygen atoms in total. The van der Waals surface area contributed by atoms with Crippen LogP contribution in [0.5, 0.6) is 0 Å². The molecule has 2 rings (SSSR count). The summed E-state index contributed by atoms with van der Waals surface area (Å²) in [6.07, 6.45) is 2.31. The number of carboxylic acid groups (broad SMARTS) is 1. The summed E-state index contributed by atoms with van der Waals surface area (Å²) in [5.41, 5.74) is 1.00. The number of hydrogen-bond acceptors (Lipinski definition) is 3. The molecule has 1 saturated heterocycles. The lowest BCUT2D eigenvalue weighted by Crippen LogP contribution is -2.41. The maximum Gasteiger partial charge on any atom is 0.303 e. The lowest BCUT2D eigenvalue weighted by Gasteiger charge is -2.32. The van der Waals surface area contributed by atoms with Crippen LogP contribution in [0.3, 0.4) is 0 Å². The first-order valence-corrected chi connectivity index (χ1v) is 9.28. The number of rotatable bonds is 8. The van der Waals surface area contributed by atoms with Gasteiger partial charge in [-0.1, -0.05) is 30.7 Å². The van der Waals surface area contributed by atoms with Crippen LogP contribution in [0.4, 0.5) is 0 Å². The van der Waals surface area contributed by atoms with Gasteiger partial charge >= 0.3 is 5.97 Å². The number of carbonyl (C=O) groups excluding carboxylic acids is 1. The molecule has 25 heavy (non-hydrogen) atoms. The fourth-order valence-corrected chi connectivity index (χ4v) is 3.15. The van der Waals surface area contributed by atoms with Gasteiger partial charge in [-0.05, 0) is 49.5 Å². The second kappa shape index (κ2) is 9.78. The van der Waals surface area contributed by atoms with Crippen LogP contribution in [0.25, 0.3) is 0 Å². The van der Waals surface area contributed by atoms with Crippen molar-refractivity contribution < 1.29 is 14.7 Å². The van der Waals surface area contributed by atoms with Gasteiger partial charge in [0.1, 0.15) is 0 Å². The predicted molar refractivity (Wildman–Crippen MR) is 98.6 cm³/mol. The quantitative estimate of drug-likeness (QED) is 0.767. The summed E-state index contributed by atoms with van der Waals surface area (Å²) >= 11 is 5.92. The zero-order valence-electron chi connectivity index (χ0n) is 14.8. The highest BCUT2D eigenvalue weighted by atomic mass is 35.5. The molecule has 0 aliphatic carbocycles. The molecule has 0 unspecified atom stereocenters. The minimum atomic E-state index is -0.940. The van der Waals surface area contributed by atoms with Gasteiger partial charge in [-0.15, -0.1) is 0 Å². The summed E-state index contributed by atoms with van der Waals surface area (Å²) in [5.74, 6) is -0.272. The van der Waals surface area contributed by atoms with Crippen LogP contribution in [-0.2, 0) is 16.1 Å². The first-order chi connectivity index (χ1) is 11.9. The van der Waals surface area contributed by atoms with Gasteiger partial charge in [0, 0.05) is 31.1 Å². The molecule has 138 valence electrons. The van der Waals surface area contributed by atoms with Gasteiger partial charge in [0.2, 0.25) is 5.91 Å². The highest BCUT2D eigenvalue weighted by molar-refractivity contribution is 6.30. The van der Waals surface area contributed by atoms with Crippen molar-refractivity contribution in [1.82, 2.24) is 9.80 Å². The third-order valence-electron chi connectivity index (χ3n) is 4.75. The number of halogens is 1. The Kier molecular flexibility index (Phi) is 7.72. The highest BCUT2D eigenvalue weighted by Crippen LogP contribution is 2.16. The van der Waals surface area contributed by atoms with E-state index in [0.717, 1.165) is 31.1 Å². The molecule has 0 atom stereocenters. The molecule has 0 aromatic heterocycles. The van der Waals surface area contributed by atoms with Gasteiger partial charge in [-0.25, -0.2) is 0 Å². The average molecular weight is 367 g/mol. The zero-order valence-corrected chi connectivity index (χ0v) is 15.5. The third kappa shape index (κ3) is 7.04. The summed E-state index contributed by atoms with van der Waals surface area (Å²) in [4.78, 5) is 27.4. The van der Waals surface area contributed by atoms with Crippen LogP contribution in [0, 0.1) is 5.92 Å². The van der Waals surface area contributed by atoms with E-state index in [1.807, 2.05) is 24.3 Å². The van der Waals surface area contributed by atoms with Crippen LogP contribution >= 0.6 is 11.6 Å². The summed E-state index contributed by atoms with van der Waals surface area (Å²) in [6, 6.07) is 7.43. The molecule has 0 spiro atoms. The summed E-state index contributed by atoms with van der Waals surface area (Å²) < 4.78 is 0. The molecule has 1 amide bonds. The molecule has 0 radical (unpaired) electrons. The number of carbonyl (C=O) groups is 2. The predicted octanol–water partition coefficient (Wildman–Crippen LogP) is 3.27. The van der Waals surface area contributed by atoms with Crippen LogP contribution in [-0.4, -0.2) is 53.0 Å². The van der Waals surface area contributed by atoms with Crippen LogP contribution < -0.4 is 0 Å². The van der Waals surface area contributed by atoms with Gasteiger partial charge in [-0.3, -0.25) is 9.59 Å². The molecule has 1 aromatic carbocycles. The van der Waals surface area contributed by atoms with E-state index >= 15 is 0 Å². The maximum atomic E-state index is 12.5. The molecule has 1 heterocycles. The number of piperidine rings is 1. The van der Waals surface area contributed by atoms with E-state index in [0.29, 0.717) is 18.1 Å². The van der Waals surface area contributed by atoms with Gasteiger partial charge < -0.3 is 14.9 Å². The Morgan fingerprint density at radius 1 is 1.20 bits per heavy atom. The van der Waals surface area contributed by atoms with E-state index < -0.39 is 5.97 Å². The Bertz CT molecular complexity index is 569. The van der Waals surface area contributed by atoms with E-state index in [2.05, 4.69) is 11.8 Å².